The van der Waals surface area contributed by atoms with Crippen LogP contribution in [-0.4, -0.2) is 86.9 Å². The highest BCUT2D eigenvalue weighted by molar-refractivity contribution is 5.90. The van der Waals surface area contributed by atoms with Gasteiger partial charge in [0.2, 0.25) is 5.91 Å². The van der Waals surface area contributed by atoms with Gasteiger partial charge in [0.15, 0.2) is 5.79 Å². The van der Waals surface area contributed by atoms with Gasteiger partial charge in [0.05, 0.1) is 24.7 Å². The Kier molecular flexibility index (Phi) is 8.11. The second-order valence-electron chi connectivity index (χ2n) is 11.2. The second-order valence-corrected chi connectivity index (χ2v) is 11.2. The Morgan fingerprint density at radius 1 is 1.09 bits per heavy atom. The van der Waals surface area contributed by atoms with Crippen LogP contribution in [0.25, 0.3) is 0 Å². The highest BCUT2D eigenvalue weighted by Gasteiger charge is 2.62. The average molecular weight is 485 g/mol. The topological polar surface area (TPSA) is 115 Å². The van der Waals surface area contributed by atoms with Crippen molar-refractivity contribution in [2.24, 2.45) is 0 Å². The van der Waals surface area contributed by atoms with Crippen molar-refractivity contribution in [3.8, 4) is 0 Å². The quantitative estimate of drug-likeness (QED) is 0.592. The minimum Gasteiger partial charge on any atom is -0.444 e. The van der Waals surface area contributed by atoms with E-state index in [9.17, 15) is 19.5 Å². The van der Waals surface area contributed by atoms with E-state index in [0.717, 1.165) is 4.90 Å². The van der Waals surface area contributed by atoms with E-state index in [0.29, 0.717) is 0 Å². The van der Waals surface area contributed by atoms with Gasteiger partial charge in [-0.1, -0.05) is 6.08 Å². The minimum absolute atomic E-state index is 0.187. The molecule has 2 heterocycles. The summed E-state index contributed by atoms with van der Waals surface area (Å²) >= 11 is 0. The van der Waals surface area contributed by atoms with Crippen LogP contribution in [0.4, 0.5) is 9.59 Å². The number of ether oxygens (including phenoxy) is 4. The zero-order valence-corrected chi connectivity index (χ0v) is 21.8. The van der Waals surface area contributed by atoms with Gasteiger partial charge in [-0.3, -0.25) is 9.69 Å². The third-order valence-electron chi connectivity index (χ3n) is 5.33. The normalized spacial score (nSPS) is 27.1. The number of likely N-dealkylation sites (tertiary alicyclic amines) is 1. The summed E-state index contributed by atoms with van der Waals surface area (Å²) in [6.45, 7) is 18.4. The molecule has 0 aromatic rings. The Balaban J connectivity index is 2.51. The standard InChI is InChI=1S/C24H40N2O8/c1-11-12-16(28)17-19-18(31-24(9,10)32-19)15(26(17)21(30)34-23(6,7)8)13-25(14(2)27)20(29)33-22(3,4)5/h11,15-19,28H,1,12-13H2,2-10H3/t15-,16-,17-,18-,19+/m1/s1. The van der Waals surface area contributed by atoms with Gasteiger partial charge in [-0.15, -0.1) is 6.58 Å². The van der Waals surface area contributed by atoms with E-state index in [4.69, 9.17) is 18.9 Å². The van der Waals surface area contributed by atoms with Crippen LogP contribution in [0.1, 0.15) is 68.7 Å². The smallest absolute Gasteiger partial charge is 0.417 e. The number of hydrogen-bond donors (Lipinski definition) is 1. The van der Waals surface area contributed by atoms with Gasteiger partial charge in [-0.2, -0.15) is 0 Å². The molecule has 0 radical (unpaired) electrons. The summed E-state index contributed by atoms with van der Waals surface area (Å²) in [5, 5.41) is 11.0. The van der Waals surface area contributed by atoms with Crippen LogP contribution < -0.4 is 0 Å². The molecule has 0 aromatic heterocycles. The summed E-state index contributed by atoms with van der Waals surface area (Å²) < 4.78 is 23.2. The van der Waals surface area contributed by atoms with Crippen LogP contribution in [0.2, 0.25) is 0 Å². The number of fused-ring (bicyclic) bond motifs is 1. The fourth-order valence-corrected chi connectivity index (χ4v) is 4.23. The van der Waals surface area contributed by atoms with Gasteiger partial charge < -0.3 is 24.1 Å². The molecule has 0 aliphatic carbocycles. The van der Waals surface area contributed by atoms with E-state index in [-0.39, 0.29) is 13.0 Å². The lowest BCUT2D eigenvalue weighted by atomic mass is 10.0. The van der Waals surface area contributed by atoms with E-state index < -0.39 is 65.5 Å². The predicted octanol–water partition coefficient (Wildman–Crippen LogP) is 3.22. The second kappa shape index (κ2) is 9.83. The highest BCUT2D eigenvalue weighted by atomic mass is 16.8. The molecule has 34 heavy (non-hydrogen) atoms. The minimum atomic E-state index is -1.03. The van der Waals surface area contributed by atoms with Crippen molar-refractivity contribution in [1.29, 1.82) is 0 Å². The lowest BCUT2D eigenvalue weighted by Gasteiger charge is -2.38. The first-order chi connectivity index (χ1) is 15.4. The third kappa shape index (κ3) is 6.70. The molecule has 2 aliphatic rings. The summed E-state index contributed by atoms with van der Waals surface area (Å²) in [5.41, 5.74) is -1.65. The molecule has 10 heteroatoms. The molecule has 10 nitrogen and oxygen atoms in total. The van der Waals surface area contributed by atoms with Crippen molar-refractivity contribution in [2.45, 2.75) is 116 Å². The fraction of sp³-hybridized carbons (Fsp3) is 0.792. The molecule has 0 bridgehead atoms. The maximum absolute atomic E-state index is 13.4. The van der Waals surface area contributed by atoms with Crippen LogP contribution in [-0.2, 0) is 23.7 Å². The van der Waals surface area contributed by atoms with E-state index in [1.54, 1.807) is 61.5 Å². The number of nitrogens with zero attached hydrogens (tertiary/aromatic N) is 2. The Bertz CT molecular complexity index is 798. The lowest BCUT2D eigenvalue weighted by molar-refractivity contribution is -0.173. The van der Waals surface area contributed by atoms with E-state index in [2.05, 4.69) is 6.58 Å². The van der Waals surface area contributed by atoms with Crippen molar-refractivity contribution in [1.82, 2.24) is 9.80 Å². The molecule has 0 aromatic carbocycles. The summed E-state index contributed by atoms with van der Waals surface area (Å²) in [5.74, 6) is -1.55. The van der Waals surface area contributed by atoms with Crippen LogP contribution in [0.5, 0.6) is 0 Å². The van der Waals surface area contributed by atoms with E-state index in [1.807, 2.05) is 0 Å². The maximum Gasteiger partial charge on any atom is 0.417 e. The zero-order valence-electron chi connectivity index (χ0n) is 21.8. The molecule has 2 saturated heterocycles. The van der Waals surface area contributed by atoms with Crippen LogP contribution in [0, 0.1) is 0 Å². The SMILES string of the molecule is C=CC[C@@H](O)[C@@H]1[C@@H]2OC(C)(C)O[C@@H]2[C@@H](CN(C(C)=O)C(=O)OC(C)(C)C)N1C(=O)OC(C)(C)C. The molecule has 5 atom stereocenters. The predicted molar refractivity (Wildman–Crippen MR) is 124 cm³/mol. The molecular formula is C24H40N2O8. The van der Waals surface area contributed by atoms with Gasteiger partial charge in [-0.25, -0.2) is 14.5 Å². The Labute approximate surface area is 202 Å². The number of rotatable bonds is 5. The van der Waals surface area contributed by atoms with Crippen molar-refractivity contribution >= 4 is 18.1 Å². The molecule has 0 spiro atoms. The number of aliphatic hydroxyl groups excluding tert-OH is 1. The number of hydrogen-bond acceptors (Lipinski definition) is 8. The largest absolute Gasteiger partial charge is 0.444 e. The molecule has 194 valence electrons. The number of carbonyl (C=O) groups excluding carboxylic acids is 3. The van der Waals surface area contributed by atoms with Crippen molar-refractivity contribution in [2.75, 3.05) is 6.54 Å². The number of carbonyl (C=O) groups is 3. The molecule has 3 amide bonds. The summed E-state index contributed by atoms with van der Waals surface area (Å²) in [4.78, 5) is 40.9. The molecule has 0 unspecified atom stereocenters. The fourth-order valence-electron chi connectivity index (χ4n) is 4.23. The first-order valence-corrected chi connectivity index (χ1v) is 11.5. The Hall–Kier alpha value is -2.17. The van der Waals surface area contributed by atoms with Gasteiger partial charge in [0.25, 0.3) is 0 Å². The summed E-state index contributed by atoms with van der Waals surface area (Å²) in [7, 11) is 0. The van der Waals surface area contributed by atoms with Gasteiger partial charge in [-0.05, 0) is 61.8 Å². The van der Waals surface area contributed by atoms with E-state index in [1.165, 1.54) is 11.8 Å². The Morgan fingerprint density at radius 2 is 1.62 bits per heavy atom. The van der Waals surface area contributed by atoms with Crippen molar-refractivity contribution in [3.63, 3.8) is 0 Å². The monoisotopic (exact) mass is 484 g/mol. The molecule has 2 aliphatic heterocycles. The van der Waals surface area contributed by atoms with Gasteiger partial charge in [0.1, 0.15) is 23.4 Å². The van der Waals surface area contributed by atoms with Crippen LogP contribution >= 0.6 is 0 Å². The molecule has 2 fully saturated rings. The van der Waals surface area contributed by atoms with E-state index >= 15 is 0 Å². The molecule has 1 N–H and O–H groups in total. The number of aliphatic hydroxyl groups is 1. The molecule has 2 rings (SSSR count). The number of amides is 3. The lowest BCUT2D eigenvalue weighted by Crippen LogP contribution is -2.56. The maximum atomic E-state index is 13.4. The van der Waals surface area contributed by atoms with Crippen molar-refractivity contribution < 1.29 is 38.4 Å². The zero-order chi connectivity index (χ0) is 26.2. The summed E-state index contributed by atoms with van der Waals surface area (Å²) in [6, 6.07) is -1.69. The first-order valence-electron chi connectivity index (χ1n) is 11.5. The first kappa shape index (κ1) is 28.1. The molecular weight excluding hydrogens is 444 g/mol. The number of imide groups is 1. The average Bonchev–Trinajstić information content (AvgIpc) is 3.06. The van der Waals surface area contributed by atoms with Gasteiger partial charge in [0, 0.05) is 6.92 Å². The van der Waals surface area contributed by atoms with Gasteiger partial charge >= 0.3 is 12.2 Å². The molecule has 0 saturated carbocycles. The highest BCUT2D eigenvalue weighted by Crippen LogP contribution is 2.43. The summed E-state index contributed by atoms with van der Waals surface area (Å²) in [6.07, 6.45) is -2.29. The van der Waals surface area contributed by atoms with Crippen LogP contribution in [0.15, 0.2) is 12.7 Å². The van der Waals surface area contributed by atoms with Crippen molar-refractivity contribution in [3.05, 3.63) is 12.7 Å². The van der Waals surface area contributed by atoms with Crippen LogP contribution in [0.3, 0.4) is 0 Å². The third-order valence-corrected chi connectivity index (χ3v) is 5.33. The Morgan fingerprint density at radius 3 is 2.09 bits per heavy atom.